The van der Waals surface area contributed by atoms with Gasteiger partial charge < -0.3 is 10.4 Å². The van der Waals surface area contributed by atoms with Crippen LogP contribution in [-0.4, -0.2) is 39.0 Å². The lowest BCUT2D eigenvalue weighted by Gasteiger charge is -2.22. The van der Waals surface area contributed by atoms with Crippen molar-refractivity contribution in [1.82, 2.24) is 5.32 Å². The van der Waals surface area contributed by atoms with Gasteiger partial charge in [-0.3, -0.25) is 4.21 Å². The van der Waals surface area contributed by atoms with E-state index in [0.29, 0.717) is 18.1 Å². The molecule has 0 heterocycles. The second-order valence-corrected chi connectivity index (χ2v) is 6.57. The molecule has 0 aliphatic heterocycles. The SMILES string of the molecule is CCCCS(=O)CC(O)CNC(C)(C)C. The summed E-state index contributed by atoms with van der Waals surface area (Å²) in [7, 11) is -0.868. The molecule has 0 aromatic rings. The van der Waals surface area contributed by atoms with Gasteiger partial charge in [-0.25, -0.2) is 0 Å². The molecule has 0 fully saturated rings. The summed E-state index contributed by atoms with van der Waals surface area (Å²) in [6, 6.07) is 0. The maximum absolute atomic E-state index is 11.5. The molecule has 0 aliphatic carbocycles. The molecular formula is C11H25NO2S. The van der Waals surface area contributed by atoms with Crippen molar-refractivity contribution in [1.29, 1.82) is 0 Å². The molecule has 4 heteroatoms. The van der Waals surface area contributed by atoms with Crippen LogP contribution in [-0.2, 0) is 10.8 Å². The number of hydrogen-bond acceptors (Lipinski definition) is 3. The first-order valence-corrected chi connectivity index (χ1v) is 7.12. The molecule has 0 aliphatic rings. The zero-order valence-electron chi connectivity index (χ0n) is 10.4. The van der Waals surface area contributed by atoms with Crippen molar-refractivity contribution < 1.29 is 9.32 Å². The topological polar surface area (TPSA) is 49.3 Å². The first-order chi connectivity index (χ1) is 6.85. The first-order valence-electron chi connectivity index (χ1n) is 5.63. The van der Waals surface area contributed by atoms with E-state index in [1.165, 1.54) is 0 Å². The van der Waals surface area contributed by atoms with E-state index in [1.807, 2.05) is 20.8 Å². The van der Waals surface area contributed by atoms with Gasteiger partial charge in [-0.05, 0) is 27.2 Å². The quantitative estimate of drug-likeness (QED) is 0.699. The Balaban J connectivity index is 3.64. The van der Waals surface area contributed by atoms with Crippen LogP contribution in [0.3, 0.4) is 0 Å². The molecule has 15 heavy (non-hydrogen) atoms. The Morgan fingerprint density at radius 3 is 2.47 bits per heavy atom. The van der Waals surface area contributed by atoms with Crippen molar-refractivity contribution in [3.8, 4) is 0 Å². The minimum absolute atomic E-state index is 0.00584. The highest BCUT2D eigenvalue weighted by atomic mass is 32.2. The summed E-state index contributed by atoms with van der Waals surface area (Å²) in [5, 5.41) is 12.8. The maximum Gasteiger partial charge on any atom is 0.0779 e. The van der Waals surface area contributed by atoms with Crippen LogP contribution in [0, 0.1) is 0 Å². The van der Waals surface area contributed by atoms with Crippen molar-refractivity contribution in [2.45, 2.75) is 52.2 Å². The highest BCUT2D eigenvalue weighted by Crippen LogP contribution is 2.00. The number of rotatable bonds is 7. The molecular weight excluding hydrogens is 210 g/mol. The summed E-state index contributed by atoms with van der Waals surface area (Å²) in [5.74, 6) is 1.10. The van der Waals surface area contributed by atoms with E-state index in [0.717, 1.165) is 12.8 Å². The first kappa shape index (κ1) is 15.1. The van der Waals surface area contributed by atoms with Gasteiger partial charge in [0.2, 0.25) is 0 Å². The fraction of sp³-hybridized carbons (Fsp3) is 1.00. The standard InChI is InChI=1S/C11H25NO2S/c1-5-6-7-15(14)9-10(13)8-12-11(2,3)4/h10,12-13H,5-9H2,1-4H3. The highest BCUT2D eigenvalue weighted by molar-refractivity contribution is 7.85. The Kier molecular flexibility index (Phi) is 7.40. The monoisotopic (exact) mass is 235 g/mol. The lowest BCUT2D eigenvalue weighted by molar-refractivity contribution is 0.182. The Morgan fingerprint density at radius 1 is 1.40 bits per heavy atom. The van der Waals surface area contributed by atoms with Gasteiger partial charge in [0.15, 0.2) is 0 Å². The summed E-state index contributed by atoms with van der Waals surface area (Å²) in [6.45, 7) is 8.74. The third kappa shape index (κ3) is 10.4. The normalized spacial score (nSPS) is 16.3. The number of β-amino-alcohol motifs (C(OH)–C–C–N with tert-alkyl or cyclic N) is 1. The molecule has 0 radical (unpaired) electrons. The molecule has 0 saturated carbocycles. The van der Waals surface area contributed by atoms with E-state index in [4.69, 9.17) is 0 Å². The van der Waals surface area contributed by atoms with Crippen molar-refractivity contribution in [3.05, 3.63) is 0 Å². The highest BCUT2D eigenvalue weighted by Gasteiger charge is 2.13. The predicted molar refractivity (Wildman–Crippen MR) is 66.5 cm³/mol. The van der Waals surface area contributed by atoms with Crippen LogP contribution < -0.4 is 5.32 Å². The van der Waals surface area contributed by atoms with E-state index in [1.54, 1.807) is 0 Å². The van der Waals surface area contributed by atoms with Gasteiger partial charge in [0.05, 0.1) is 11.9 Å². The Hall–Kier alpha value is 0.0700. The fourth-order valence-corrected chi connectivity index (χ4v) is 2.41. The Bertz CT molecular complexity index is 190. The Labute approximate surface area is 96.1 Å². The van der Waals surface area contributed by atoms with Gasteiger partial charge in [0.1, 0.15) is 0 Å². The minimum atomic E-state index is -0.868. The van der Waals surface area contributed by atoms with Gasteiger partial charge in [0, 0.05) is 28.6 Å². The van der Waals surface area contributed by atoms with Crippen LogP contribution in [0.15, 0.2) is 0 Å². The third-order valence-corrected chi connectivity index (χ3v) is 3.47. The molecule has 0 amide bonds. The summed E-state index contributed by atoms with van der Waals surface area (Å²) in [5.41, 5.74) is 0.00584. The van der Waals surface area contributed by atoms with Crippen molar-refractivity contribution >= 4 is 10.8 Å². The van der Waals surface area contributed by atoms with Crippen molar-refractivity contribution in [2.24, 2.45) is 0 Å². The molecule has 0 rings (SSSR count). The van der Waals surface area contributed by atoms with E-state index in [2.05, 4.69) is 12.2 Å². The van der Waals surface area contributed by atoms with Gasteiger partial charge in [-0.1, -0.05) is 13.3 Å². The summed E-state index contributed by atoms with van der Waals surface area (Å²) < 4.78 is 11.5. The summed E-state index contributed by atoms with van der Waals surface area (Å²) >= 11 is 0. The van der Waals surface area contributed by atoms with Crippen LogP contribution >= 0.6 is 0 Å². The largest absolute Gasteiger partial charge is 0.391 e. The van der Waals surface area contributed by atoms with Gasteiger partial charge in [-0.2, -0.15) is 0 Å². The third-order valence-electron chi connectivity index (χ3n) is 1.97. The minimum Gasteiger partial charge on any atom is -0.391 e. The van der Waals surface area contributed by atoms with E-state index >= 15 is 0 Å². The van der Waals surface area contributed by atoms with E-state index in [9.17, 15) is 9.32 Å². The van der Waals surface area contributed by atoms with Crippen molar-refractivity contribution in [2.75, 3.05) is 18.1 Å². The molecule has 0 aromatic carbocycles. The zero-order chi connectivity index (χ0) is 11.9. The molecule has 92 valence electrons. The summed E-state index contributed by atoms with van der Waals surface area (Å²) in [4.78, 5) is 0. The molecule has 3 nitrogen and oxygen atoms in total. The lowest BCUT2D eigenvalue weighted by Crippen LogP contribution is -2.42. The molecule has 0 aromatic heterocycles. The summed E-state index contributed by atoms with van der Waals surface area (Å²) in [6.07, 6.45) is 1.54. The Morgan fingerprint density at radius 2 is 2.00 bits per heavy atom. The number of hydrogen-bond donors (Lipinski definition) is 2. The van der Waals surface area contributed by atoms with Crippen LogP contribution in [0.25, 0.3) is 0 Å². The van der Waals surface area contributed by atoms with Crippen LogP contribution in [0.1, 0.15) is 40.5 Å². The average molecular weight is 235 g/mol. The smallest absolute Gasteiger partial charge is 0.0779 e. The second kappa shape index (κ2) is 7.36. The molecule has 2 unspecified atom stereocenters. The van der Waals surface area contributed by atoms with E-state index < -0.39 is 16.9 Å². The average Bonchev–Trinajstić information content (AvgIpc) is 2.10. The lowest BCUT2D eigenvalue weighted by atomic mass is 10.1. The van der Waals surface area contributed by atoms with Gasteiger partial charge >= 0.3 is 0 Å². The van der Waals surface area contributed by atoms with Gasteiger partial charge in [-0.15, -0.1) is 0 Å². The van der Waals surface area contributed by atoms with Crippen LogP contribution in [0.2, 0.25) is 0 Å². The number of nitrogens with one attached hydrogen (secondary N) is 1. The predicted octanol–water partition coefficient (Wildman–Crippen LogP) is 1.28. The van der Waals surface area contributed by atoms with Crippen molar-refractivity contribution in [3.63, 3.8) is 0 Å². The zero-order valence-corrected chi connectivity index (χ0v) is 11.2. The molecule has 2 atom stereocenters. The number of aliphatic hydroxyl groups excluding tert-OH is 1. The molecule has 0 spiro atoms. The van der Waals surface area contributed by atoms with E-state index in [-0.39, 0.29) is 5.54 Å². The molecule has 0 saturated heterocycles. The molecule has 2 N–H and O–H groups in total. The fourth-order valence-electron chi connectivity index (χ4n) is 1.09. The molecule has 0 bridgehead atoms. The number of aliphatic hydroxyl groups is 1. The van der Waals surface area contributed by atoms with Crippen LogP contribution in [0.4, 0.5) is 0 Å². The van der Waals surface area contributed by atoms with Gasteiger partial charge in [0.25, 0.3) is 0 Å². The van der Waals surface area contributed by atoms with Crippen LogP contribution in [0.5, 0.6) is 0 Å². The maximum atomic E-state index is 11.5. The second-order valence-electron chi connectivity index (χ2n) is 4.95. The number of unbranched alkanes of at least 4 members (excludes halogenated alkanes) is 1.